The fraction of sp³-hybridized carbons (Fsp3) is 0.0345. The Morgan fingerprint density at radius 1 is 0.757 bits per heavy atom. The zero-order valence-electron chi connectivity index (χ0n) is 19.4. The van der Waals surface area contributed by atoms with E-state index in [2.05, 4.69) is 0 Å². The van der Waals surface area contributed by atoms with Crippen molar-refractivity contribution in [3.05, 3.63) is 108 Å². The Morgan fingerprint density at radius 3 is 1.86 bits per heavy atom. The Kier molecular flexibility index (Phi) is 6.15. The average Bonchev–Trinajstić information content (AvgIpc) is 3.32. The molecule has 6 nitrogen and oxygen atoms in total. The third-order valence-corrected chi connectivity index (χ3v) is 5.90. The van der Waals surface area contributed by atoms with Gasteiger partial charge in [0.05, 0.1) is 18.4 Å². The van der Waals surface area contributed by atoms with Crippen LogP contribution in [0, 0.1) is 11.6 Å². The Labute approximate surface area is 209 Å². The molecule has 4 aromatic carbocycles. The number of carbonyl (C=O) groups excluding carboxylic acids is 1. The normalized spacial score (nSPS) is 10.9. The van der Waals surface area contributed by atoms with Gasteiger partial charge in [-0.25, -0.2) is 23.3 Å². The molecular formula is C29H19F2NO5. The van der Waals surface area contributed by atoms with Crippen LogP contribution in [0.5, 0.6) is 0 Å². The van der Waals surface area contributed by atoms with Gasteiger partial charge < -0.3 is 14.3 Å². The summed E-state index contributed by atoms with van der Waals surface area (Å²) < 4.78 is 37.5. The van der Waals surface area contributed by atoms with Gasteiger partial charge in [0.25, 0.3) is 0 Å². The summed E-state index contributed by atoms with van der Waals surface area (Å²) in [7, 11) is 1.18. The molecule has 1 amide bonds. The second kappa shape index (κ2) is 9.58. The number of methoxy groups -OCH3 is 1. The molecule has 8 heteroatoms. The smallest absolute Gasteiger partial charge is 0.421 e. The van der Waals surface area contributed by atoms with Gasteiger partial charge in [-0.3, -0.25) is 0 Å². The SMILES string of the molecule is COC(=O)N(c1cc2cc(-c3ccc(F)cc3)ccc2o1)c1ccc(-c2ccc(F)cc2)cc1C(=O)O. The van der Waals surface area contributed by atoms with Crippen molar-refractivity contribution in [2.24, 2.45) is 0 Å². The molecule has 1 N–H and O–H groups in total. The molecule has 5 aromatic rings. The van der Waals surface area contributed by atoms with Crippen molar-refractivity contribution in [1.82, 2.24) is 0 Å². The van der Waals surface area contributed by atoms with Gasteiger partial charge in [-0.1, -0.05) is 36.4 Å². The number of amides is 1. The predicted molar refractivity (Wildman–Crippen MR) is 135 cm³/mol. The summed E-state index contributed by atoms with van der Waals surface area (Å²) in [5.74, 6) is -1.98. The number of benzene rings is 4. The van der Waals surface area contributed by atoms with Crippen LogP contribution in [0.25, 0.3) is 33.2 Å². The first-order chi connectivity index (χ1) is 17.8. The number of hydrogen-bond acceptors (Lipinski definition) is 4. The molecule has 0 aliphatic carbocycles. The number of carboxylic acid groups (broad SMARTS) is 1. The molecule has 0 saturated carbocycles. The number of carboxylic acids is 1. The Bertz CT molecular complexity index is 1630. The van der Waals surface area contributed by atoms with Crippen molar-refractivity contribution in [2.75, 3.05) is 12.0 Å². The van der Waals surface area contributed by atoms with E-state index in [1.54, 1.807) is 36.4 Å². The summed E-state index contributed by atoms with van der Waals surface area (Å²) in [6.45, 7) is 0. The number of furan rings is 1. The molecule has 0 aliphatic rings. The highest BCUT2D eigenvalue weighted by atomic mass is 19.1. The van der Waals surface area contributed by atoms with E-state index in [4.69, 9.17) is 9.15 Å². The minimum absolute atomic E-state index is 0.0306. The molecule has 0 fully saturated rings. The van der Waals surface area contributed by atoms with E-state index < -0.39 is 17.9 Å². The lowest BCUT2D eigenvalue weighted by molar-refractivity contribution is 0.0698. The van der Waals surface area contributed by atoms with Crippen molar-refractivity contribution in [2.45, 2.75) is 0 Å². The van der Waals surface area contributed by atoms with Crippen LogP contribution in [0.1, 0.15) is 10.4 Å². The van der Waals surface area contributed by atoms with Gasteiger partial charge in [-0.05, 0) is 70.8 Å². The third kappa shape index (κ3) is 4.64. The molecule has 184 valence electrons. The van der Waals surface area contributed by atoms with Crippen LogP contribution in [-0.2, 0) is 4.74 Å². The van der Waals surface area contributed by atoms with Crippen LogP contribution in [0.4, 0.5) is 25.1 Å². The van der Waals surface area contributed by atoms with Gasteiger partial charge in [-0.15, -0.1) is 0 Å². The number of rotatable bonds is 5. The van der Waals surface area contributed by atoms with Crippen LogP contribution in [-0.4, -0.2) is 24.3 Å². The zero-order chi connectivity index (χ0) is 26.1. The number of fused-ring (bicyclic) bond motifs is 1. The van der Waals surface area contributed by atoms with Gasteiger partial charge in [0.1, 0.15) is 17.2 Å². The number of anilines is 2. The first kappa shape index (κ1) is 23.7. The van der Waals surface area contributed by atoms with E-state index in [9.17, 15) is 23.5 Å². The van der Waals surface area contributed by atoms with Crippen molar-refractivity contribution in [3.8, 4) is 22.3 Å². The summed E-state index contributed by atoms with van der Waals surface area (Å²) in [5.41, 5.74) is 3.04. The Morgan fingerprint density at radius 2 is 1.30 bits per heavy atom. The number of nitrogens with zero attached hydrogens (tertiary/aromatic N) is 1. The van der Waals surface area contributed by atoms with Gasteiger partial charge in [0.15, 0.2) is 0 Å². The second-order valence-corrected chi connectivity index (χ2v) is 8.19. The van der Waals surface area contributed by atoms with Crippen molar-refractivity contribution < 1.29 is 32.6 Å². The number of aromatic carboxylic acids is 1. The summed E-state index contributed by atoms with van der Waals surface area (Å²) in [4.78, 5) is 26.1. The number of halogens is 2. The van der Waals surface area contributed by atoms with Crippen LogP contribution in [0.2, 0.25) is 0 Å². The largest absolute Gasteiger partial charge is 0.478 e. The maximum Gasteiger partial charge on any atom is 0.421 e. The minimum atomic E-state index is -1.28. The van der Waals surface area contributed by atoms with Gasteiger partial charge in [0, 0.05) is 11.5 Å². The van der Waals surface area contributed by atoms with E-state index in [-0.39, 0.29) is 23.0 Å². The van der Waals surface area contributed by atoms with Crippen molar-refractivity contribution in [3.63, 3.8) is 0 Å². The maximum absolute atomic E-state index is 13.3. The molecule has 37 heavy (non-hydrogen) atoms. The maximum atomic E-state index is 13.3. The topological polar surface area (TPSA) is 80.0 Å². The summed E-state index contributed by atoms with van der Waals surface area (Å²) in [6.07, 6.45) is -0.852. The van der Waals surface area contributed by atoms with Crippen molar-refractivity contribution in [1.29, 1.82) is 0 Å². The van der Waals surface area contributed by atoms with E-state index in [0.29, 0.717) is 22.1 Å². The van der Waals surface area contributed by atoms with E-state index in [1.165, 1.54) is 55.6 Å². The lowest BCUT2D eigenvalue weighted by Gasteiger charge is -2.21. The fourth-order valence-electron chi connectivity index (χ4n) is 4.08. The minimum Gasteiger partial charge on any atom is -0.478 e. The van der Waals surface area contributed by atoms with E-state index in [0.717, 1.165) is 16.0 Å². The quantitative estimate of drug-likeness (QED) is 0.269. The number of ether oxygens (including phenoxy) is 1. The second-order valence-electron chi connectivity index (χ2n) is 8.19. The standard InChI is InChI=1S/C29H19F2NO5/c1-36-29(35)32(25-12-6-20(15-24(25)28(33)34)18-4-10-23(31)11-5-18)27-16-21-14-19(7-13-26(21)37-27)17-2-8-22(30)9-3-17/h2-16H,1H3,(H,33,34). The fourth-order valence-corrected chi connectivity index (χ4v) is 4.08. The molecule has 0 saturated heterocycles. The third-order valence-electron chi connectivity index (χ3n) is 5.90. The summed E-state index contributed by atoms with van der Waals surface area (Å²) in [6, 6.07) is 23.1. The molecule has 0 unspecified atom stereocenters. The molecule has 0 atom stereocenters. The van der Waals surface area contributed by atoms with Crippen LogP contribution in [0.3, 0.4) is 0 Å². The Hall–Kier alpha value is -4.98. The van der Waals surface area contributed by atoms with Crippen LogP contribution < -0.4 is 4.90 Å². The first-order valence-corrected chi connectivity index (χ1v) is 11.1. The molecular weight excluding hydrogens is 480 g/mol. The summed E-state index contributed by atoms with van der Waals surface area (Å²) in [5, 5.41) is 10.6. The number of carbonyl (C=O) groups is 2. The molecule has 0 bridgehead atoms. The van der Waals surface area contributed by atoms with Crippen molar-refractivity contribution >= 4 is 34.6 Å². The zero-order valence-corrected chi connectivity index (χ0v) is 19.4. The lowest BCUT2D eigenvalue weighted by Crippen LogP contribution is -2.27. The molecule has 5 rings (SSSR count). The first-order valence-electron chi connectivity index (χ1n) is 11.1. The van der Waals surface area contributed by atoms with Crippen LogP contribution in [0.15, 0.2) is 95.4 Å². The molecule has 0 aliphatic heterocycles. The number of hydrogen-bond donors (Lipinski definition) is 1. The highest BCUT2D eigenvalue weighted by Crippen LogP contribution is 2.37. The van der Waals surface area contributed by atoms with E-state index >= 15 is 0 Å². The van der Waals surface area contributed by atoms with Crippen LogP contribution >= 0.6 is 0 Å². The van der Waals surface area contributed by atoms with Gasteiger partial charge >= 0.3 is 12.1 Å². The Balaban J connectivity index is 1.60. The monoisotopic (exact) mass is 499 g/mol. The average molecular weight is 499 g/mol. The van der Waals surface area contributed by atoms with Gasteiger partial charge in [0.2, 0.25) is 5.88 Å². The molecule has 0 spiro atoms. The highest BCUT2D eigenvalue weighted by Gasteiger charge is 2.27. The molecule has 1 aromatic heterocycles. The predicted octanol–water partition coefficient (Wildman–Crippen LogP) is 7.65. The summed E-state index contributed by atoms with van der Waals surface area (Å²) >= 11 is 0. The lowest BCUT2D eigenvalue weighted by atomic mass is 10.0. The molecule has 1 heterocycles. The van der Waals surface area contributed by atoms with E-state index in [1.807, 2.05) is 6.07 Å². The molecule has 0 radical (unpaired) electrons. The van der Waals surface area contributed by atoms with Gasteiger partial charge in [-0.2, -0.15) is 0 Å². The highest BCUT2D eigenvalue weighted by molar-refractivity contribution is 6.05.